The predicted molar refractivity (Wildman–Crippen MR) is 91.6 cm³/mol. The molecule has 0 bridgehead atoms. The lowest BCUT2D eigenvalue weighted by Gasteiger charge is -2.05. The smallest absolute Gasteiger partial charge is 0.224 e. The van der Waals surface area contributed by atoms with Crippen LogP contribution in [-0.4, -0.2) is 31.3 Å². The molecule has 0 saturated heterocycles. The van der Waals surface area contributed by atoms with E-state index in [9.17, 15) is 0 Å². The zero-order valence-electron chi connectivity index (χ0n) is 13.7. The summed E-state index contributed by atoms with van der Waals surface area (Å²) in [5, 5.41) is 0.824. The molecule has 0 aliphatic heterocycles. The Labute approximate surface area is 140 Å². The summed E-state index contributed by atoms with van der Waals surface area (Å²) in [4.78, 5) is 8.34. The molecule has 2 aromatic carbocycles. The molecule has 3 rings (SSSR count). The van der Waals surface area contributed by atoms with Crippen molar-refractivity contribution in [3.63, 3.8) is 0 Å². The molecule has 0 aliphatic rings. The van der Waals surface area contributed by atoms with Gasteiger partial charge >= 0.3 is 0 Å². The highest BCUT2D eigenvalue weighted by Gasteiger charge is 2.05. The third kappa shape index (κ3) is 3.08. The Morgan fingerprint density at radius 3 is 2.46 bits per heavy atom. The number of hydrogen-bond donors (Lipinski definition) is 0. The van der Waals surface area contributed by atoms with Crippen molar-refractivity contribution in [2.75, 3.05) is 21.3 Å². The van der Waals surface area contributed by atoms with E-state index in [1.807, 2.05) is 36.4 Å². The van der Waals surface area contributed by atoms with Crippen molar-refractivity contribution in [3.8, 4) is 29.2 Å². The SMILES string of the molecule is COc1ccc(OC)c(C#Cc2ccc3ncnc(OC)c3c2)c1. The minimum Gasteiger partial charge on any atom is -0.497 e. The van der Waals surface area contributed by atoms with E-state index in [4.69, 9.17) is 14.2 Å². The van der Waals surface area contributed by atoms with E-state index in [0.717, 1.165) is 27.8 Å². The molecule has 5 nitrogen and oxygen atoms in total. The van der Waals surface area contributed by atoms with E-state index >= 15 is 0 Å². The molecule has 1 aromatic heterocycles. The first kappa shape index (κ1) is 15.6. The zero-order chi connectivity index (χ0) is 16.9. The van der Waals surface area contributed by atoms with Gasteiger partial charge in [0, 0.05) is 5.56 Å². The molecule has 0 radical (unpaired) electrons. The fourth-order valence-electron chi connectivity index (χ4n) is 2.32. The number of nitrogens with zero attached hydrogens (tertiary/aromatic N) is 2. The van der Waals surface area contributed by atoms with Gasteiger partial charge < -0.3 is 14.2 Å². The second kappa shape index (κ2) is 6.88. The summed E-state index contributed by atoms with van der Waals surface area (Å²) >= 11 is 0. The highest BCUT2D eigenvalue weighted by Crippen LogP contribution is 2.24. The van der Waals surface area contributed by atoms with Crippen LogP contribution >= 0.6 is 0 Å². The van der Waals surface area contributed by atoms with E-state index in [1.54, 1.807) is 21.3 Å². The largest absolute Gasteiger partial charge is 0.497 e. The summed E-state index contributed by atoms with van der Waals surface area (Å²) in [6.07, 6.45) is 1.48. The maximum absolute atomic E-state index is 5.34. The van der Waals surface area contributed by atoms with Crippen molar-refractivity contribution in [1.29, 1.82) is 0 Å². The first-order valence-electron chi connectivity index (χ1n) is 7.28. The van der Waals surface area contributed by atoms with Crippen LogP contribution in [0.15, 0.2) is 42.7 Å². The number of benzene rings is 2. The van der Waals surface area contributed by atoms with Gasteiger partial charge in [0.25, 0.3) is 0 Å². The monoisotopic (exact) mass is 320 g/mol. The molecule has 24 heavy (non-hydrogen) atoms. The first-order chi connectivity index (χ1) is 11.7. The molecule has 1 heterocycles. The van der Waals surface area contributed by atoms with Gasteiger partial charge in [-0.05, 0) is 36.4 Å². The Kier molecular flexibility index (Phi) is 4.48. The normalized spacial score (nSPS) is 9.96. The molecule has 0 aliphatic carbocycles. The average Bonchev–Trinajstić information content (AvgIpc) is 2.65. The molecule has 0 N–H and O–H groups in total. The van der Waals surface area contributed by atoms with Crippen LogP contribution in [0.25, 0.3) is 10.9 Å². The van der Waals surface area contributed by atoms with Crippen LogP contribution in [0.2, 0.25) is 0 Å². The molecular weight excluding hydrogens is 304 g/mol. The van der Waals surface area contributed by atoms with Crippen molar-refractivity contribution in [2.24, 2.45) is 0 Å². The Balaban J connectivity index is 2.04. The summed E-state index contributed by atoms with van der Waals surface area (Å²) in [7, 11) is 4.82. The standard InChI is InChI=1S/C19H16N2O3/c1-22-15-7-9-18(23-2)14(11-15)6-4-13-5-8-17-16(10-13)19(24-3)21-12-20-17/h5,7-12H,1-3H3. The highest BCUT2D eigenvalue weighted by molar-refractivity contribution is 5.84. The van der Waals surface area contributed by atoms with Crippen molar-refractivity contribution < 1.29 is 14.2 Å². The van der Waals surface area contributed by atoms with Crippen molar-refractivity contribution in [2.45, 2.75) is 0 Å². The Morgan fingerprint density at radius 1 is 0.833 bits per heavy atom. The molecule has 0 saturated carbocycles. The lowest BCUT2D eigenvalue weighted by Crippen LogP contribution is -1.92. The molecule has 0 atom stereocenters. The van der Waals surface area contributed by atoms with Crippen LogP contribution in [0.3, 0.4) is 0 Å². The topological polar surface area (TPSA) is 53.5 Å². The van der Waals surface area contributed by atoms with Gasteiger partial charge in [0.2, 0.25) is 5.88 Å². The molecule has 0 unspecified atom stereocenters. The highest BCUT2D eigenvalue weighted by atomic mass is 16.5. The van der Waals surface area contributed by atoms with Crippen LogP contribution in [0.5, 0.6) is 17.4 Å². The van der Waals surface area contributed by atoms with Gasteiger partial charge in [-0.1, -0.05) is 11.8 Å². The zero-order valence-corrected chi connectivity index (χ0v) is 13.7. The van der Waals surface area contributed by atoms with Gasteiger partial charge in [-0.15, -0.1) is 0 Å². The number of fused-ring (bicyclic) bond motifs is 1. The Morgan fingerprint density at radius 2 is 1.71 bits per heavy atom. The number of rotatable bonds is 3. The minimum atomic E-state index is 0.530. The quantitative estimate of drug-likeness (QED) is 0.694. The van der Waals surface area contributed by atoms with Crippen molar-refractivity contribution in [1.82, 2.24) is 9.97 Å². The fourth-order valence-corrected chi connectivity index (χ4v) is 2.32. The third-order valence-corrected chi connectivity index (χ3v) is 3.54. The van der Waals surface area contributed by atoms with Crippen LogP contribution in [0, 0.1) is 11.8 Å². The van der Waals surface area contributed by atoms with Crippen LogP contribution in [0.4, 0.5) is 0 Å². The lowest BCUT2D eigenvalue weighted by molar-refractivity contribution is 0.402. The predicted octanol–water partition coefficient (Wildman–Crippen LogP) is 3.06. The third-order valence-electron chi connectivity index (χ3n) is 3.54. The van der Waals surface area contributed by atoms with E-state index in [1.165, 1.54) is 6.33 Å². The van der Waals surface area contributed by atoms with E-state index in [2.05, 4.69) is 21.8 Å². The number of aromatic nitrogens is 2. The van der Waals surface area contributed by atoms with Crippen LogP contribution in [-0.2, 0) is 0 Å². The summed E-state index contributed by atoms with van der Waals surface area (Å²) in [5.41, 5.74) is 2.40. The van der Waals surface area contributed by atoms with E-state index in [0.29, 0.717) is 11.6 Å². The molecule has 5 heteroatoms. The first-order valence-corrected chi connectivity index (χ1v) is 7.28. The van der Waals surface area contributed by atoms with Crippen molar-refractivity contribution >= 4 is 10.9 Å². The van der Waals surface area contributed by atoms with Gasteiger partial charge in [-0.2, -0.15) is 0 Å². The second-order valence-corrected chi connectivity index (χ2v) is 4.93. The number of ether oxygens (including phenoxy) is 3. The number of methoxy groups -OCH3 is 3. The van der Waals surface area contributed by atoms with Gasteiger partial charge in [0.15, 0.2) is 0 Å². The van der Waals surface area contributed by atoms with Crippen LogP contribution < -0.4 is 14.2 Å². The van der Waals surface area contributed by atoms with Crippen LogP contribution in [0.1, 0.15) is 11.1 Å². The van der Waals surface area contributed by atoms with Gasteiger partial charge in [-0.3, -0.25) is 0 Å². The second-order valence-electron chi connectivity index (χ2n) is 4.93. The summed E-state index contributed by atoms with van der Waals surface area (Å²) in [6.45, 7) is 0. The average molecular weight is 320 g/mol. The molecule has 0 spiro atoms. The maximum atomic E-state index is 5.34. The molecular formula is C19H16N2O3. The Hall–Kier alpha value is -3.26. The lowest BCUT2D eigenvalue weighted by atomic mass is 10.1. The maximum Gasteiger partial charge on any atom is 0.224 e. The fraction of sp³-hybridized carbons (Fsp3) is 0.158. The Bertz CT molecular complexity index is 942. The van der Waals surface area contributed by atoms with Gasteiger partial charge in [0.1, 0.15) is 17.8 Å². The molecule has 0 amide bonds. The summed E-state index contributed by atoms with van der Waals surface area (Å²) in [5.74, 6) is 8.21. The molecule has 0 fully saturated rings. The van der Waals surface area contributed by atoms with Gasteiger partial charge in [-0.25, -0.2) is 9.97 Å². The minimum absolute atomic E-state index is 0.530. The number of hydrogen-bond acceptors (Lipinski definition) is 5. The molecule has 120 valence electrons. The van der Waals surface area contributed by atoms with Crippen molar-refractivity contribution in [3.05, 3.63) is 53.9 Å². The summed E-state index contributed by atoms with van der Waals surface area (Å²) < 4.78 is 15.9. The van der Waals surface area contributed by atoms with Gasteiger partial charge in [0.05, 0.1) is 37.8 Å². The summed E-state index contributed by atoms with van der Waals surface area (Å²) in [6, 6.07) is 11.2. The van der Waals surface area contributed by atoms with E-state index in [-0.39, 0.29) is 0 Å². The molecule has 3 aromatic rings. The van der Waals surface area contributed by atoms with E-state index < -0.39 is 0 Å².